The van der Waals surface area contributed by atoms with Crippen LogP contribution in [0.4, 0.5) is 0 Å². The molecule has 4 unspecified atom stereocenters. The van der Waals surface area contributed by atoms with E-state index in [2.05, 4.69) is 21.8 Å². The van der Waals surface area contributed by atoms with Gasteiger partial charge in [-0.2, -0.15) is 5.10 Å². The molecule has 0 bridgehead atoms. The second-order valence-electron chi connectivity index (χ2n) is 8.37. The average molecular weight is 520 g/mol. The predicted octanol–water partition coefficient (Wildman–Crippen LogP) is 2.65. The van der Waals surface area contributed by atoms with Crippen LogP contribution in [-0.2, 0) is 18.8 Å². The van der Waals surface area contributed by atoms with E-state index in [1.54, 1.807) is 36.2 Å². The summed E-state index contributed by atoms with van der Waals surface area (Å²) >= 11 is 0. The highest BCUT2D eigenvalue weighted by atomic mass is 31.2. The molecule has 1 aromatic carbocycles. The molecule has 2 aliphatic heterocycles. The van der Waals surface area contributed by atoms with Crippen LogP contribution in [0.1, 0.15) is 27.2 Å². The Balaban J connectivity index is 1.69. The maximum atomic E-state index is 12.5. The van der Waals surface area contributed by atoms with Gasteiger partial charge in [0, 0.05) is 6.42 Å². The predicted molar refractivity (Wildman–Crippen MR) is 138 cm³/mol. The Morgan fingerprint density at radius 1 is 1.42 bits per heavy atom. The summed E-state index contributed by atoms with van der Waals surface area (Å²) in [6, 6.07) is 8.49. The number of hydrazone groups is 1. The van der Waals surface area contributed by atoms with Crippen molar-refractivity contribution in [3.8, 4) is 5.75 Å². The number of aliphatic imine (C=N–C) groups is 1. The number of amidine groups is 1. The molecule has 2 heterocycles. The Morgan fingerprint density at radius 2 is 2.17 bits per heavy atom. The summed E-state index contributed by atoms with van der Waals surface area (Å²) in [6.45, 7) is 9.54. The molecule has 36 heavy (non-hydrogen) atoms. The molecule has 0 spiro atoms. The van der Waals surface area contributed by atoms with Crippen molar-refractivity contribution in [1.82, 2.24) is 10.1 Å². The van der Waals surface area contributed by atoms with Crippen molar-refractivity contribution in [2.75, 3.05) is 13.2 Å². The van der Waals surface area contributed by atoms with Gasteiger partial charge >= 0.3 is 14.5 Å². The number of para-hydroxylation sites is 1. The fourth-order valence-electron chi connectivity index (χ4n) is 3.53. The Morgan fingerprint density at radius 3 is 2.83 bits per heavy atom. The highest BCUT2D eigenvalue weighted by Gasteiger charge is 2.40. The van der Waals surface area contributed by atoms with Crippen molar-refractivity contribution in [2.24, 2.45) is 21.7 Å². The number of ether oxygens (including phenoxy) is 2. The van der Waals surface area contributed by atoms with Gasteiger partial charge in [0.25, 0.3) is 0 Å². The van der Waals surface area contributed by atoms with Crippen molar-refractivity contribution in [2.45, 2.75) is 51.7 Å². The molecule has 196 valence electrons. The Kier molecular flexibility index (Phi) is 10.4. The quantitative estimate of drug-likeness (QED) is 0.281. The Bertz CT molecular complexity index is 973. The topological polar surface area (TPSA) is 140 Å². The largest absolute Gasteiger partial charge is 0.465 e. The lowest BCUT2D eigenvalue weighted by molar-refractivity contribution is -0.146. The van der Waals surface area contributed by atoms with Gasteiger partial charge in [0.2, 0.25) is 0 Å². The number of nitrogens with two attached hydrogens (primary N) is 1. The number of nitrogens with zero attached hydrogens (tertiary/aromatic N) is 3. The first-order valence-electron chi connectivity index (χ1n) is 11.7. The second kappa shape index (κ2) is 13.5. The van der Waals surface area contributed by atoms with Gasteiger partial charge in [0.1, 0.15) is 29.9 Å². The minimum atomic E-state index is -1.79. The van der Waals surface area contributed by atoms with Crippen molar-refractivity contribution < 1.29 is 28.4 Å². The molecule has 0 radical (unpaired) electrons. The molecule has 0 saturated carbocycles. The highest BCUT2D eigenvalue weighted by molar-refractivity contribution is 7.45. The molecule has 1 fully saturated rings. The fourth-order valence-corrected chi connectivity index (χ4v) is 4.94. The molecule has 4 N–H and O–H groups in total. The van der Waals surface area contributed by atoms with Crippen molar-refractivity contribution >= 4 is 26.7 Å². The van der Waals surface area contributed by atoms with Gasteiger partial charge in [-0.1, -0.05) is 44.7 Å². The number of carbonyl (C=O) groups excluding carboxylic acids is 1. The van der Waals surface area contributed by atoms with E-state index >= 15 is 0 Å². The van der Waals surface area contributed by atoms with Crippen LogP contribution in [0.15, 0.2) is 64.9 Å². The normalized spacial score (nSPS) is 24.5. The average Bonchev–Trinajstić information content (AvgIpc) is 3.22. The van der Waals surface area contributed by atoms with E-state index in [-0.39, 0.29) is 37.4 Å². The van der Waals surface area contributed by atoms with E-state index in [1.807, 2.05) is 32.0 Å². The molecule has 2 aliphatic rings. The van der Waals surface area contributed by atoms with Crippen LogP contribution >= 0.6 is 8.53 Å². The van der Waals surface area contributed by atoms with Gasteiger partial charge in [-0.15, -0.1) is 0 Å². The summed E-state index contributed by atoms with van der Waals surface area (Å²) in [6.07, 6.45) is 2.78. The molecule has 0 amide bonds. The Hall–Kier alpha value is -2.82. The molecule has 1 saturated heterocycles. The van der Waals surface area contributed by atoms with E-state index in [9.17, 15) is 9.90 Å². The van der Waals surface area contributed by atoms with Crippen LogP contribution in [0.3, 0.4) is 0 Å². The summed E-state index contributed by atoms with van der Waals surface area (Å²) in [4.78, 5) is 16.5. The van der Waals surface area contributed by atoms with Gasteiger partial charge in [-0.05, 0) is 31.1 Å². The molecular formula is C24H34N5O6P. The SMILES string of the molecule is C=C/C=C1/C(N)=NC=NN1[C@H]1CC(O)C(COP(NC(C(=O)OCC)C(C)C)Oc2ccccc2)O1. The monoisotopic (exact) mass is 519 g/mol. The zero-order valence-electron chi connectivity index (χ0n) is 20.7. The maximum absolute atomic E-state index is 12.5. The zero-order chi connectivity index (χ0) is 26.1. The van der Waals surface area contributed by atoms with E-state index in [1.165, 1.54) is 6.34 Å². The van der Waals surface area contributed by atoms with Gasteiger partial charge in [-0.3, -0.25) is 4.79 Å². The highest BCUT2D eigenvalue weighted by Crippen LogP contribution is 2.38. The van der Waals surface area contributed by atoms with Crippen LogP contribution in [0.2, 0.25) is 0 Å². The maximum Gasteiger partial charge on any atom is 0.323 e. The first kappa shape index (κ1) is 27.8. The molecule has 3 rings (SSSR count). The molecule has 5 atom stereocenters. The van der Waals surface area contributed by atoms with Crippen molar-refractivity contribution in [1.29, 1.82) is 0 Å². The summed E-state index contributed by atoms with van der Waals surface area (Å²) in [5, 5.41) is 19.6. The lowest BCUT2D eigenvalue weighted by Crippen LogP contribution is -2.41. The molecule has 1 aromatic rings. The van der Waals surface area contributed by atoms with Gasteiger partial charge in [0.05, 0.1) is 19.3 Å². The number of allylic oxidation sites excluding steroid dienone is 2. The number of aliphatic hydroxyl groups is 1. The first-order chi connectivity index (χ1) is 17.3. The third-order valence-electron chi connectivity index (χ3n) is 5.37. The standard InChI is InChI=1S/C24H34N5O6P/c1-5-10-18-23(25)26-15-27-29(18)21-13-19(30)20(34-21)14-33-36(35-17-11-8-7-9-12-17)28-22(16(3)4)24(31)32-6-2/h5,7-12,15-16,19-22,28,30H,1,6,13-14H2,2-4H3,(H2,25,26,27)/b18-10-/t19?,20?,21-,22?,36?/m1/s1. The molecule has 0 aromatic heterocycles. The number of aliphatic hydroxyl groups excluding tert-OH is 1. The van der Waals surface area contributed by atoms with Crippen LogP contribution < -0.4 is 15.3 Å². The number of hydrogen-bond acceptors (Lipinski definition) is 11. The van der Waals surface area contributed by atoms with Crippen molar-refractivity contribution in [3.63, 3.8) is 0 Å². The number of benzene rings is 1. The molecule has 0 aliphatic carbocycles. The van der Waals surface area contributed by atoms with Gasteiger partial charge < -0.3 is 29.4 Å². The minimum absolute atomic E-state index is 0.0124. The van der Waals surface area contributed by atoms with E-state index in [0.29, 0.717) is 11.4 Å². The summed E-state index contributed by atoms with van der Waals surface area (Å²) < 4.78 is 23.3. The summed E-state index contributed by atoms with van der Waals surface area (Å²) in [5.41, 5.74) is 6.50. The third kappa shape index (κ3) is 7.35. The van der Waals surface area contributed by atoms with Crippen molar-refractivity contribution in [3.05, 3.63) is 54.8 Å². The van der Waals surface area contributed by atoms with Crippen LogP contribution in [0, 0.1) is 5.92 Å². The fraction of sp³-hybridized carbons (Fsp3) is 0.458. The number of nitrogens with one attached hydrogen (secondary N) is 1. The van der Waals surface area contributed by atoms with E-state index in [4.69, 9.17) is 24.3 Å². The lowest BCUT2D eigenvalue weighted by Gasteiger charge is -2.29. The smallest absolute Gasteiger partial charge is 0.323 e. The molecule has 12 heteroatoms. The summed E-state index contributed by atoms with van der Waals surface area (Å²) in [7, 11) is -1.79. The van der Waals surface area contributed by atoms with Crippen LogP contribution in [-0.4, -0.2) is 66.0 Å². The first-order valence-corrected chi connectivity index (χ1v) is 12.9. The number of esters is 1. The number of rotatable bonds is 12. The second-order valence-corrected chi connectivity index (χ2v) is 9.58. The van der Waals surface area contributed by atoms with Gasteiger partial charge in [0.15, 0.2) is 12.1 Å². The van der Waals surface area contributed by atoms with Crippen LogP contribution in [0.25, 0.3) is 0 Å². The van der Waals surface area contributed by atoms with Gasteiger partial charge in [-0.25, -0.2) is 15.1 Å². The summed E-state index contributed by atoms with van der Waals surface area (Å²) in [5.74, 6) is 0.380. The minimum Gasteiger partial charge on any atom is -0.465 e. The van der Waals surface area contributed by atoms with E-state index in [0.717, 1.165) is 0 Å². The zero-order valence-corrected chi connectivity index (χ0v) is 21.6. The third-order valence-corrected chi connectivity index (χ3v) is 6.62. The van der Waals surface area contributed by atoms with Crippen LogP contribution in [0.5, 0.6) is 5.75 Å². The number of carbonyl (C=O) groups is 1. The Labute approximate surface area is 212 Å². The number of hydrogen-bond donors (Lipinski definition) is 3. The molecule has 11 nitrogen and oxygen atoms in total. The molecular weight excluding hydrogens is 485 g/mol. The lowest BCUT2D eigenvalue weighted by atomic mass is 10.1. The van der Waals surface area contributed by atoms with E-state index < -0.39 is 33.0 Å².